The number of nitrogens with one attached hydrogen (secondary N) is 2. The lowest BCUT2D eigenvalue weighted by atomic mass is 10.0. The largest absolute Gasteiger partial charge is 0.467 e. The van der Waals surface area contributed by atoms with Crippen LogP contribution in [0.3, 0.4) is 0 Å². The molecular formula is C12H24N2O3. The average molecular weight is 244 g/mol. The van der Waals surface area contributed by atoms with Crippen molar-refractivity contribution in [3.8, 4) is 0 Å². The molecule has 0 aromatic rings. The summed E-state index contributed by atoms with van der Waals surface area (Å²) in [5.41, 5.74) is 0. The van der Waals surface area contributed by atoms with Crippen molar-refractivity contribution in [2.75, 3.05) is 13.7 Å². The summed E-state index contributed by atoms with van der Waals surface area (Å²) in [6.07, 6.45) is 0.355. The molecule has 0 aromatic heterocycles. The van der Waals surface area contributed by atoms with E-state index in [2.05, 4.69) is 15.4 Å². The normalized spacial score (nSPS) is 14.2. The van der Waals surface area contributed by atoms with E-state index in [9.17, 15) is 9.59 Å². The highest BCUT2D eigenvalue weighted by molar-refractivity contribution is 5.84. The highest BCUT2D eigenvalue weighted by atomic mass is 16.5. The molecule has 1 unspecified atom stereocenters. The fourth-order valence-corrected chi connectivity index (χ4v) is 1.56. The molecule has 0 radical (unpaired) electrons. The zero-order valence-electron chi connectivity index (χ0n) is 11.4. The summed E-state index contributed by atoms with van der Waals surface area (Å²) in [5, 5.41) is 5.85. The van der Waals surface area contributed by atoms with Crippen molar-refractivity contribution in [3.05, 3.63) is 0 Å². The van der Waals surface area contributed by atoms with Gasteiger partial charge in [0.1, 0.15) is 6.04 Å². The molecule has 100 valence electrons. The third kappa shape index (κ3) is 6.26. The molecule has 0 spiro atoms. The van der Waals surface area contributed by atoms with Crippen molar-refractivity contribution in [2.24, 2.45) is 5.92 Å². The molecule has 0 aliphatic heterocycles. The number of rotatable bonds is 7. The Balaban J connectivity index is 4.27. The first-order chi connectivity index (χ1) is 7.92. The second kappa shape index (κ2) is 8.06. The molecule has 2 N–H and O–H groups in total. The Morgan fingerprint density at radius 3 is 2.24 bits per heavy atom. The van der Waals surface area contributed by atoms with E-state index in [4.69, 9.17) is 0 Å². The molecule has 0 aliphatic rings. The Labute approximate surface area is 103 Å². The summed E-state index contributed by atoms with van der Waals surface area (Å²) in [4.78, 5) is 23.2. The summed E-state index contributed by atoms with van der Waals surface area (Å²) in [7, 11) is 1.32. The average Bonchev–Trinajstić information content (AvgIpc) is 2.24. The molecule has 17 heavy (non-hydrogen) atoms. The third-order valence-corrected chi connectivity index (χ3v) is 2.48. The van der Waals surface area contributed by atoms with Crippen LogP contribution in [0.15, 0.2) is 0 Å². The predicted molar refractivity (Wildman–Crippen MR) is 66.5 cm³/mol. The predicted octanol–water partition coefficient (Wildman–Crippen LogP) is 0.688. The molecule has 0 rings (SSSR count). The lowest BCUT2D eigenvalue weighted by Gasteiger charge is -2.21. The van der Waals surface area contributed by atoms with Crippen molar-refractivity contribution < 1.29 is 14.3 Å². The smallest absolute Gasteiger partial charge is 0.328 e. The van der Waals surface area contributed by atoms with Crippen LogP contribution < -0.4 is 10.6 Å². The molecule has 0 heterocycles. The van der Waals surface area contributed by atoms with Crippen molar-refractivity contribution in [1.82, 2.24) is 10.6 Å². The summed E-state index contributed by atoms with van der Waals surface area (Å²) in [5.74, 6) is -0.521. The van der Waals surface area contributed by atoms with E-state index in [0.29, 0.717) is 6.42 Å². The molecule has 0 saturated carbocycles. The van der Waals surface area contributed by atoms with E-state index in [-0.39, 0.29) is 17.9 Å². The Bertz CT molecular complexity index is 254. The topological polar surface area (TPSA) is 67.4 Å². The monoisotopic (exact) mass is 244 g/mol. The van der Waals surface area contributed by atoms with Crippen molar-refractivity contribution in [1.29, 1.82) is 0 Å². The van der Waals surface area contributed by atoms with E-state index in [1.54, 1.807) is 0 Å². The maximum atomic E-state index is 11.7. The summed E-state index contributed by atoms with van der Waals surface area (Å²) in [6.45, 7) is 8.48. The van der Waals surface area contributed by atoms with Crippen LogP contribution in [0.5, 0.6) is 0 Å². The van der Waals surface area contributed by atoms with Gasteiger partial charge in [0.2, 0.25) is 5.91 Å². The van der Waals surface area contributed by atoms with Crippen LogP contribution in [-0.2, 0) is 14.3 Å². The van der Waals surface area contributed by atoms with Gasteiger partial charge in [0, 0.05) is 12.5 Å². The number of hydrogen-bond acceptors (Lipinski definition) is 4. The second-order valence-electron chi connectivity index (χ2n) is 4.48. The van der Waals surface area contributed by atoms with Crippen LogP contribution in [0.1, 0.15) is 34.1 Å². The molecule has 2 atom stereocenters. The quantitative estimate of drug-likeness (QED) is 0.647. The minimum atomic E-state index is -0.568. The molecule has 5 heteroatoms. The van der Waals surface area contributed by atoms with E-state index < -0.39 is 12.0 Å². The number of hydrogen-bond donors (Lipinski definition) is 2. The minimum absolute atomic E-state index is 0.0147. The second-order valence-corrected chi connectivity index (χ2v) is 4.48. The number of amides is 1. The molecule has 0 aromatic carbocycles. The van der Waals surface area contributed by atoms with Crippen molar-refractivity contribution in [2.45, 2.75) is 46.2 Å². The molecule has 5 nitrogen and oxygen atoms in total. The summed E-state index contributed by atoms with van der Waals surface area (Å²) < 4.78 is 4.66. The Morgan fingerprint density at radius 1 is 1.24 bits per heavy atom. The van der Waals surface area contributed by atoms with E-state index >= 15 is 0 Å². The van der Waals surface area contributed by atoms with Crippen LogP contribution >= 0.6 is 0 Å². The van der Waals surface area contributed by atoms with Crippen LogP contribution in [-0.4, -0.2) is 37.6 Å². The molecule has 0 fully saturated rings. The van der Waals surface area contributed by atoms with Gasteiger partial charge in [-0.05, 0) is 19.4 Å². The fraction of sp³-hybridized carbons (Fsp3) is 0.833. The molecule has 0 aliphatic carbocycles. The standard InChI is InChI=1S/C12H24N2O3/c1-6-13-9(4)7-10(15)14-11(8(2)3)12(16)17-5/h8-9,11,13H,6-7H2,1-5H3,(H,14,15)/t9?,11-/m0/s1. The first-order valence-electron chi connectivity index (χ1n) is 6.02. The number of esters is 1. The number of methoxy groups -OCH3 is 1. The summed E-state index contributed by atoms with van der Waals surface area (Å²) >= 11 is 0. The molecule has 1 amide bonds. The van der Waals surface area contributed by atoms with Crippen molar-refractivity contribution in [3.63, 3.8) is 0 Å². The van der Waals surface area contributed by atoms with E-state index in [0.717, 1.165) is 6.54 Å². The van der Waals surface area contributed by atoms with Gasteiger partial charge >= 0.3 is 5.97 Å². The van der Waals surface area contributed by atoms with Crippen LogP contribution in [0.4, 0.5) is 0 Å². The molecule has 0 saturated heterocycles. The van der Waals surface area contributed by atoms with Crippen molar-refractivity contribution >= 4 is 11.9 Å². The number of carbonyl (C=O) groups excluding carboxylic acids is 2. The lowest BCUT2D eigenvalue weighted by Crippen LogP contribution is -2.46. The van der Waals surface area contributed by atoms with Crippen LogP contribution in [0.25, 0.3) is 0 Å². The summed E-state index contributed by atoms with van der Waals surface area (Å²) in [6, 6.07) is -0.466. The van der Waals surface area contributed by atoms with Gasteiger partial charge in [-0.25, -0.2) is 4.79 Å². The zero-order chi connectivity index (χ0) is 13.4. The first-order valence-corrected chi connectivity index (χ1v) is 6.02. The van der Waals surface area contributed by atoms with Gasteiger partial charge in [-0.3, -0.25) is 4.79 Å². The number of ether oxygens (including phenoxy) is 1. The van der Waals surface area contributed by atoms with Crippen LogP contribution in [0, 0.1) is 5.92 Å². The molecular weight excluding hydrogens is 220 g/mol. The highest BCUT2D eigenvalue weighted by Gasteiger charge is 2.25. The minimum Gasteiger partial charge on any atom is -0.467 e. The van der Waals surface area contributed by atoms with Crippen LogP contribution in [0.2, 0.25) is 0 Å². The van der Waals surface area contributed by atoms with Gasteiger partial charge in [-0.15, -0.1) is 0 Å². The van der Waals surface area contributed by atoms with Gasteiger partial charge in [0.05, 0.1) is 7.11 Å². The first kappa shape index (κ1) is 15.9. The number of carbonyl (C=O) groups is 2. The zero-order valence-corrected chi connectivity index (χ0v) is 11.4. The maximum absolute atomic E-state index is 11.7. The fourth-order valence-electron chi connectivity index (χ4n) is 1.56. The van der Waals surface area contributed by atoms with E-state index in [1.165, 1.54) is 7.11 Å². The highest BCUT2D eigenvalue weighted by Crippen LogP contribution is 2.04. The van der Waals surface area contributed by atoms with Gasteiger partial charge in [-0.1, -0.05) is 20.8 Å². The maximum Gasteiger partial charge on any atom is 0.328 e. The van der Waals surface area contributed by atoms with Gasteiger partial charge in [-0.2, -0.15) is 0 Å². The lowest BCUT2D eigenvalue weighted by molar-refractivity contribution is -0.146. The SMILES string of the molecule is CCNC(C)CC(=O)N[C@H](C(=O)OC)C(C)C. The van der Waals surface area contributed by atoms with Gasteiger partial charge < -0.3 is 15.4 Å². The van der Waals surface area contributed by atoms with Gasteiger partial charge in [0.25, 0.3) is 0 Å². The van der Waals surface area contributed by atoms with Gasteiger partial charge in [0.15, 0.2) is 0 Å². The third-order valence-electron chi connectivity index (χ3n) is 2.48. The Hall–Kier alpha value is -1.10. The Morgan fingerprint density at radius 2 is 1.82 bits per heavy atom. The molecule has 0 bridgehead atoms. The Kier molecular flexibility index (Phi) is 7.54. The van der Waals surface area contributed by atoms with E-state index in [1.807, 2.05) is 27.7 Å².